The largest absolute Gasteiger partial charge is 0.379 e. The Morgan fingerprint density at radius 3 is 2.43 bits per heavy atom. The first kappa shape index (κ1) is 16.8. The first-order chi connectivity index (χ1) is 10.0. The highest BCUT2D eigenvalue weighted by Gasteiger charge is 2.28. The summed E-state index contributed by atoms with van der Waals surface area (Å²) in [5.41, 5.74) is 1.45. The maximum atomic E-state index is 5.97. The second kappa shape index (κ2) is 7.59. The van der Waals surface area contributed by atoms with Gasteiger partial charge in [0.25, 0.3) is 0 Å². The number of halogens is 1. The number of nitrogens with one attached hydrogen (secondary N) is 1. The van der Waals surface area contributed by atoms with Crippen molar-refractivity contribution in [2.45, 2.75) is 38.8 Å². The molecule has 0 bridgehead atoms. The van der Waals surface area contributed by atoms with Crippen LogP contribution in [0.3, 0.4) is 0 Å². The lowest BCUT2D eigenvalue weighted by molar-refractivity contribution is -0.0104. The zero-order valence-corrected chi connectivity index (χ0v) is 14.1. The van der Waals surface area contributed by atoms with Crippen LogP contribution in [0.5, 0.6) is 0 Å². The molecule has 0 radical (unpaired) electrons. The minimum atomic E-state index is 0.142. The lowest BCUT2D eigenvalue weighted by atomic mass is 9.99. The second-order valence-corrected chi connectivity index (χ2v) is 6.74. The molecular formula is C17H27ClN2O. The zero-order valence-electron chi connectivity index (χ0n) is 13.4. The molecule has 4 heteroatoms. The molecule has 0 aromatic heterocycles. The predicted molar refractivity (Wildman–Crippen MR) is 89.0 cm³/mol. The van der Waals surface area contributed by atoms with E-state index in [1.807, 2.05) is 12.1 Å². The average Bonchev–Trinajstić information content (AvgIpc) is 2.50. The van der Waals surface area contributed by atoms with E-state index in [1.54, 1.807) is 0 Å². The van der Waals surface area contributed by atoms with Crippen LogP contribution in [-0.4, -0.2) is 43.3 Å². The highest BCUT2D eigenvalue weighted by Crippen LogP contribution is 2.21. The van der Waals surface area contributed by atoms with Gasteiger partial charge in [-0.15, -0.1) is 0 Å². The molecule has 1 aromatic rings. The Labute approximate surface area is 133 Å². The standard InChI is InChI=1S/C17H27ClN2O/c1-4-16(14-5-7-15(18)8-6-14)19-13-17(2,3)20-9-11-21-12-10-20/h5-8,16,19H,4,9-13H2,1-3H3. The molecular weight excluding hydrogens is 284 g/mol. The molecule has 0 amide bonds. The summed E-state index contributed by atoms with van der Waals surface area (Å²) >= 11 is 5.97. The van der Waals surface area contributed by atoms with Gasteiger partial charge in [-0.2, -0.15) is 0 Å². The summed E-state index contributed by atoms with van der Waals surface area (Å²) in [6, 6.07) is 8.54. The molecule has 1 heterocycles. The maximum absolute atomic E-state index is 5.97. The fourth-order valence-corrected chi connectivity index (χ4v) is 2.97. The van der Waals surface area contributed by atoms with Crippen molar-refractivity contribution in [2.75, 3.05) is 32.8 Å². The summed E-state index contributed by atoms with van der Waals surface area (Å²) in [6.07, 6.45) is 1.07. The number of rotatable bonds is 6. The van der Waals surface area contributed by atoms with Crippen molar-refractivity contribution in [1.82, 2.24) is 10.2 Å². The van der Waals surface area contributed by atoms with Gasteiger partial charge < -0.3 is 10.1 Å². The van der Waals surface area contributed by atoms with Crippen LogP contribution < -0.4 is 5.32 Å². The van der Waals surface area contributed by atoms with E-state index in [0.717, 1.165) is 44.3 Å². The molecule has 0 saturated carbocycles. The molecule has 21 heavy (non-hydrogen) atoms. The summed E-state index contributed by atoms with van der Waals surface area (Å²) in [4.78, 5) is 2.51. The Balaban J connectivity index is 1.93. The molecule has 0 spiro atoms. The van der Waals surface area contributed by atoms with E-state index < -0.39 is 0 Å². The van der Waals surface area contributed by atoms with Crippen molar-refractivity contribution >= 4 is 11.6 Å². The van der Waals surface area contributed by atoms with Crippen molar-refractivity contribution in [3.05, 3.63) is 34.9 Å². The first-order valence-electron chi connectivity index (χ1n) is 7.84. The van der Waals surface area contributed by atoms with Crippen molar-refractivity contribution in [2.24, 2.45) is 0 Å². The molecule has 1 fully saturated rings. The van der Waals surface area contributed by atoms with Crippen LogP contribution in [0, 0.1) is 0 Å². The molecule has 1 atom stereocenters. The molecule has 1 aromatic carbocycles. The van der Waals surface area contributed by atoms with E-state index in [0.29, 0.717) is 6.04 Å². The van der Waals surface area contributed by atoms with Crippen molar-refractivity contribution in [1.29, 1.82) is 0 Å². The summed E-state index contributed by atoms with van der Waals surface area (Å²) in [7, 11) is 0. The Hall–Kier alpha value is -0.610. The van der Waals surface area contributed by atoms with Crippen LogP contribution in [0.2, 0.25) is 5.02 Å². The number of nitrogens with zero attached hydrogens (tertiary/aromatic N) is 1. The molecule has 1 aliphatic heterocycles. The number of hydrogen-bond donors (Lipinski definition) is 1. The molecule has 118 valence electrons. The summed E-state index contributed by atoms with van der Waals surface area (Å²) < 4.78 is 5.45. The van der Waals surface area contributed by atoms with Gasteiger partial charge in [-0.1, -0.05) is 30.7 Å². The molecule has 1 saturated heterocycles. The predicted octanol–water partition coefficient (Wildman–Crippen LogP) is 3.49. The zero-order chi connectivity index (χ0) is 15.3. The Kier molecular flexibility index (Phi) is 6.06. The third-order valence-electron chi connectivity index (χ3n) is 4.33. The fourth-order valence-electron chi connectivity index (χ4n) is 2.85. The van der Waals surface area contributed by atoms with Gasteiger partial charge in [0, 0.05) is 36.2 Å². The van der Waals surface area contributed by atoms with Gasteiger partial charge in [-0.25, -0.2) is 0 Å². The topological polar surface area (TPSA) is 24.5 Å². The minimum Gasteiger partial charge on any atom is -0.379 e. The van der Waals surface area contributed by atoms with Gasteiger partial charge in [-0.05, 0) is 38.0 Å². The van der Waals surface area contributed by atoms with Gasteiger partial charge in [-0.3, -0.25) is 4.90 Å². The Morgan fingerprint density at radius 1 is 1.24 bits per heavy atom. The third-order valence-corrected chi connectivity index (χ3v) is 4.58. The van der Waals surface area contributed by atoms with Gasteiger partial charge in [0.1, 0.15) is 0 Å². The van der Waals surface area contributed by atoms with Crippen LogP contribution in [0.4, 0.5) is 0 Å². The van der Waals surface area contributed by atoms with E-state index in [4.69, 9.17) is 16.3 Å². The molecule has 1 N–H and O–H groups in total. The number of ether oxygens (including phenoxy) is 1. The SMILES string of the molecule is CCC(NCC(C)(C)N1CCOCC1)c1ccc(Cl)cc1. The minimum absolute atomic E-state index is 0.142. The number of benzene rings is 1. The van der Waals surface area contributed by atoms with Gasteiger partial charge in [0.2, 0.25) is 0 Å². The van der Waals surface area contributed by atoms with E-state index in [2.05, 4.69) is 43.1 Å². The molecule has 2 rings (SSSR count). The lowest BCUT2D eigenvalue weighted by Gasteiger charge is -2.41. The average molecular weight is 311 g/mol. The van der Waals surface area contributed by atoms with E-state index in [9.17, 15) is 0 Å². The quantitative estimate of drug-likeness (QED) is 0.870. The summed E-state index contributed by atoms with van der Waals surface area (Å²) in [5.74, 6) is 0. The maximum Gasteiger partial charge on any atom is 0.0594 e. The molecule has 1 aliphatic rings. The number of hydrogen-bond acceptors (Lipinski definition) is 3. The van der Waals surface area contributed by atoms with Crippen LogP contribution >= 0.6 is 11.6 Å². The normalized spacial score (nSPS) is 18.7. The number of morpholine rings is 1. The third kappa shape index (κ3) is 4.68. The van der Waals surface area contributed by atoms with Crippen molar-refractivity contribution < 1.29 is 4.74 Å². The first-order valence-corrected chi connectivity index (χ1v) is 8.22. The smallest absolute Gasteiger partial charge is 0.0594 e. The van der Waals surface area contributed by atoms with E-state index in [1.165, 1.54) is 5.56 Å². The summed E-state index contributed by atoms with van der Waals surface area (Å²) in [5, 5.41) is 4.51. The van der Waals surface area contributed by atoms with E-state index >= 15 is 0 Å². The second-order valence-electron chi connectivity index (χ2n) is 6.31. The monoisotopic (exact) mass is 310 g/mol. The molecule has 1 unspecified atom stereocenters. The van der Waals surface area contributed by atoms with Crippen LogP contribution in [0.1, 0.15) is 38.8 Å². The van der Waals surface area contributed by atoms with Crippen LogP contribution in [0.15, 0.2) is 24.3 Å². The van der Waals surface area contributed by atoms with E-state index in [-0.39, 0.29) is 5.54 Å². The Morgan fingerprint density at radius 2 is 1.86 bits per heavy atom. The Bertz CT molecular complexity index is 427. The molecule has 0 aliphatic carbocycles. The lowest BCUT2D eigenvalue weighted by Crippen LogP contribution is -2.55. The molecule has 3 nitrogen and oxygen atoms in total. The van der Waals surface area contributed by atoms with Crippen LogP contribution in [0.25, 0.3) is 0 Å². The van der Waals surface area contributed by atoms with Crippen LogP contribution in [-0.2, 0) is 4.74 Å². The van der Waals surface area contributed by atoms with Crippen molar-refractivity contribution in [3.63, 3.8) is 0 Å². The van der Waals surface area contributed by atoms with Crippen molar-refractivity contribution in [3.8, 4) is 0 Å². The summed E-state index contributed by atoms with van der Waals surface area (Å²) in [6.45, 7) is 11.5. The highest BCUT2D eigenvalue weighted by atomic mass is 35.5. The van der Waals surface area contributed by atoms with Gasteiger partial charge in [0.15, 0.2) is 0 Å². The van der Waals surface area contributed by atoms with Gasteiger partial charge >= 0.3 is 0 Å². The van der Waals surface area contributed by atoms with Gasteiger partial charge in [0.05, 0.1) is 13.2 Å². The highest BCUT2D eigenvalue weighted by molar-refractivity contribution is 6.30. The fraction of sp³-hybridized carbons (Fsp3) is 0.647.